The number of hydrogen-bond acceptors (Lipinski definition) is 4. The molecule has 1 unspecified atom stereocenters. The van der Waals surface area contributed by atoms with Crippen LogP contribution in [-0.2, 0) is 0 Å². The van der Waals surface area contributed by atoms with E-state index in [9.17, 15) is 0 Å². The van der Waals surface area contributed by atoms with E-state index in [0.29, 0.717) is 0 Å². The van der Waals surface area contributed by atoms with Gasteiger partial charge in [0.1, 0.15) is 5.76 Å². The summed E-state index contributed by atoms with van der Waals surface area (Å²) in [5.41, 5.74) is 13.1. The molecule has 4 heteroatoms. The maximum absolute atomic E-state index is 6.60. The molecule has 64 heavy (non-hydrogen) atoms. The van der Waals surface area contributed by atoms with Gasteiger partial charge >= 0.3 is 0 Å². The molecular weight excluding hydrogens is 781 g/mol. The number of benzene rings is 8. The van der Waals surface area contributed by atoms with Crippen molar-refractivity contribution in [3.63, 3.8) is 0 Å². The lowest BCUT2D eigenvalue weighted by Crippen LogP contribution is -2.43. The molecule has 0 radical (unpaired) electrons. The van der Waals surface area contributed by atoms with Crippen molar-refractivity contribution >= 4 is 67.6 Å². The maximum Gasteiger partial charge on any atom is 0.151 e. The first-order valence-electron chi connectivity index (χ1n) is 22.6. The monoisotopic (exact) mass is 824 g/mol. The minimum absolute atomic E-state index is 0.0684. The highest BCUT2D eigenvalue weighted by molar-refractivity contribution is 6.08. The molecule has 0 aromatic heterocycles. The van der Waals surface area contributed by atoms with Crippen LogP contribution in [0, 0.1) is 0 Å². The van der Waals surface area contributed by atoms with E-state index in [-0.39, 0.29) is 6.04 Å². The summed E-state index contributed by atoms with van der Waals surface area (Å²) >= 11 is 0. The molecule has 8 aromatic carbocycles. The fourth-order valence-electron chi connectivity index (χ4n) is 10.7. The van der Waals surface area contributed by atoms with Gasteiger partial charge < -0.3 is 19.3 Å². The van der Waals surface area contributed by atoms with Crippen molar-refractivity contribution in [2.24, 2.45) is 0 Å². The predicted octanol–water partition coefficient (Wildman–Crippen LogP) is 14.3. The van der Waals surface area contributed by atoms with Crippen molar-refractivity contribution in [1.29, 1.82) is 0 Å². The highest BCUT2D eigenvalue weighted by atomic mass is 16.5. The molecule has 0 amide bonds. The summed E-state index contributed by atoms with van der Waals surface area (Å²) < 4.78 is 13.1. The largest absolute Gasteiger partial charge is 0.457 e. The number of ether oxygens (including phenoxy) is 2. The molecule has 13 rings (SSSR count). The second-order valence-electron chi connectivity index (χ2n) is 17.3. The fraction of sp³-hybridized carbons (Fsp3) is 0.100. The summed E-state index contributed by atoms with van der Waals surface area (Å²) in [5.74, 6) is 3.68. The average Bonchev–Trinajstić information content (AvgIpc) is 3.36. The SMILES string of the molecule is C1=CC2=C(CC1)Oc1ccccc1N2C1C=c2c(C3=CCCC(c4ccc5ccccc5c4)=C3)c3ccc(N4c5ccccc5Oc5ccccc54)cc3c(-c3ccccc3)c2=CC1. The van der Waals surface area contributed by atoms with Crippen LogP contribution in [0.5, 0.6) is 17.2 Å². The molecule has 0 fully saturated rings. The highest BCUT2D eigenvalue weighted by Gasteiger charge is 2.33. The molecule has 0 bridgehead atoms. The Morgan fingerprint density at radius 2 is 1.23 bits per heavy atom. The molecule has 0 saturated carbocycles. The molecule has 2 heterocycles. The lowest BCUT2D eigenvalue weighted by Gasteiger charge is -2.40. The predicted molar refractivity (Wildman–Crippen MR) is 265 cm³/mol. The Labute approximate surface area is 372 Å². The molecular formula is C60H44N2O2. The molecule has 0 saturated heterocycles. The maximum atomic E-state index is 6.60. The Morgan fingerprint density at radius 1 is 0.516 bits per heavy atom. The number of anilines is 4. The summed E-state index contributed by atoms with van der Waals surface area (Å²) in [5, 5.41) is 7.57. The van der Waals surface area contributed by atoms with Crippen LogP contribution in [0.2, 0.25) is 0 Å². The molecule has 5 aliphatic rings. The standard InChI is InChI=1S/C60H44N2O2/c1-2-16-40(17-3-1)59-47-33-31-46(62-53-23-8-12-27-57(53)64-58-28-13-9-24-54(58)62)38-50(47)60(44-20-14-19-42(36-44)43-30-29-39-15-4-5-18-41(39)35-43)48-34-32-45(37-49(48)59)61-51-21-6-10-25-55(51)63-56-26-11-7-22-52(56)61/h1-12,15-18,20-27,29-30,32-38,46H,13-14,19,28,31H2. The van der Waals surface area contributed by atoms with Gasteiger partial charge in [0.2, 0.25) is 0 Å². The van der Waals surface area contributed by atoms with E-state index in [4.69, 9.17) is 9.47 Å². The minimum Gasteiger partial charge on any atom is -0.457 e. The van der Waals surface area contributed by atoms with Gasteiger partial charge in [-0.1, -0.05) is 140 Å². The zero-order chi connectivity index (χ0) is 42.1. The second kappa shape index (κ2) is 14.9. The molecule has 0 spiro atoms. The molecule has 8 aromatic rings. The Balaban J connectivity index is 1.09. The number of allylic oxidation sites excluding steroid dienone is 7. The lowest BCUT2D eigenvalue weighted by atomic mass is 9.82. The summed E-state index contributed by atoms with van der Waals surface area (Å²) in [4.78, 5) is 4.91. The Morgan fingerprint density at radius 3 is 2.05 bits per heavy atom. The third-order valence-electron chi connectivity index (χ3n) is 13.6. The number of fused-ring (bicyclic) bond motifs is 6. The van der Waals surface area contributed by atoms with E-state index in [2.05, 4.69) is 198 Å². The average molecular weight is 825 g/mol. The number of para-hydroxylation sites is 6. The second-order valence-corrected chi connectivity index (χ2v) is 17.3. The highest BCUT2D eigenvalue weighted by Crippen LogP contribution is 2.51. The van der Waals surface area contributed by atoms with Crippen molar-refractivity contribution in [2.75, 3.05) is 9.80 Å². The number of rotatable bonds is 5. The van der Waals surface area contributed by atoms with Crippen LogP contribution in [0.4, 0.5) is 22.7 Å². The topological polar surface area (TPSA) is 24.9 Å². The summed E-state index contributed by atoms with van der Waals surface area (Å²) in [6.45, 7) is 0. The number of hydrogen-bond donors (Lipinski definition) is 0. The van der Waals surface area contributed by atoms with Crippen LogP contribution < -0.4 is 29.7 Å². The molecule has 306 valence electrons. The van der Waals surface area contributed by atoms with Gasteiger partial charge in [-0.15, -0.1) is 0 Å². The summed E-state index contributed by atoms with van der Waals surface area (Å²) in [6, 6.07) is 59.1. The van der Waals surface area contributed by atoms with E-state index < -0.39 is 0 Å². The van der Waals surface area contributed by atoms with E-state index in [1.165, 1.54) is 71.1 Å². The van der Waals surface area contributed by atoms with E-state index in [1.807, 2.05) is 12.1 Å². The van der Waals surface area contributed by atoms with Crippen LogP contribution >= 0.6 is 0 Å². The number of nitrogens with zero attached hydrogens (tertiary/aromatic N) is 2. The van der Waals surface area contributed by atoms with Gasteiger partial charge in [0, 0.05) is 12.1 Å². The lowest BCUT2D eigenvalue weighted by molar-refractivity contribution is 0.383. The van der Waals surface area contributed by atoms with Gasteiger partial charge in [-0.2, -0.15) is 0 Å². The normalized spacial score (nSPS) is 17.1. The Kier molecular flexibility index (Phi) is 8.58. The van der Waals surface area contributed by atoms with Gasteiger partial charge in [0.25, 0.3) is 0 Å². The zero-order valence-electron chi connectivity index (χ0n) is 35.4. The zero-order valence-corrected chi connectivity index (χ0v) is 35.4. The Bertz CT molecular complexity index is 3460. The van der Waals surface area contributed by atoms with Crippen molar-refractivity contribution < 1.29 is 9.47 Å². The summed E-state index contributed by atoms with van der Waals surface area (Å²) in [7, 11) is 0. The van der Waals surface area contributed by atoms with Crippen LogP contribution in [0.15, 0.2) is 200 Å². The minimum atomic E-state index is 0.0684. The first-order chi connectivity index (χ1) is 31.7. The first-order valence-corrected chi connectivity index (χ1v) is 22.6. The van der Waals surface area contributed by atoms with Gasteiger partial charge in [0.05, 0.1) is 28.8 Å². The fourth-order valence-corrected chi connectivity index (χ4v) is 10.7. The third kappa shape index (κ3) is 5.97. The van der Waals surface area contributed by atoms with Crippen molar-refractivity contribution in [3.05, 3.63) is 221 Å². The molecule has 4 nitrogen and oxygen atoms in total. The van der Waals surface area contributed by atoms with Crippen LogP contribution in [0.3, 0.4) is 0 Å². The molecule has 1 atom stereocenters. The van der Waals surface area contributed by atoms with Crippen molar-refractivity contribution in [2.45, 2.75) is 38.1 Å². The van der Waals surface area contributed by atoms with E-state index in [0.717, 1.165) is 77.9 Å². The van der Waals surface area contributed by atoms with Crippen molar-refractivity contribution in [1.82, 2.24) is 0 Å². The molecule has 2 aliphatic heterocycles. The van der Waals surface area contributed by atoms with Crippen LogP contribution in [0.1, 0.15) is 43.2 Å². The van der Waals surface area contributed by atoms with Gasteiger partial charge in [-0.3, -0.25) is 0 Å². The van der Waals surface area contributed by atoms with Crippen molar-refractivity contribution in [3.8, 4) is 28.4 Å². The molecule has 3 aliphatic carbocycles. The first kappa shape index (κ1) is 36.8. The van der Waals surface area contributed by atoms with Gasteiger partial charge in [-0.25, -0.2) is 0 Å². The quantitative estimate of drug-likeness (QED) is 0.173. The smallest absolute Gasteiger partial charge is 0.151 e. The summed E-state index contributed by atoms with van der Waals surface area (Å²) in [6.07, 6.45) is 19.3. The van der Waals surface area contributed by atoms with Crippen LogP contribution in [-0.4, -0.2) is 6.04 Å². The van der Waals surface area contributed by atoms with Crippen LogP contribution in [0.25, 0.3) is 56.0 Å². The van der Waals surface area contributed by atoms with Gasteiger partial charge in [0.15, 0.2) is 17.2 Å². The van der Waals surface area contributed by atoms with E-state index in [1.54, 1.807) is 0 Å². The molecule has 0 N–H and O–H groups in total. The van der Waals surface area contributed by atoms with Gasteiger partial charge in [-0.05, 0) is 152 Å². The van der Waals surface area contributed by atoms with E-state index >= 15 is 0 Å². The Hall–Kier alpha value is -7.82. The third-order valence-corrected chi connectivity index (χ3v) is 13.6.